The molecule has 0 radical (unpaired) electrons. The second-order valence-electron chi connectivity index (χ2n) is 4.50. The van der Waals surface area contributed by atoms with Gasteiger partial charge in [0, 0.05) is 12.1 Å². The molecule has 1 aliphatic rings. The maximum absolute atomic E-state index is 12.9. The van der Waals surface area contributed by atoms with Crippen LogP contribution >= 0.6 is 0 Å². The lowest BCUT2D eigenvalue weighted by molar-refractivity contribution is 0.544. The lowest BCUT2D eigenvalue weighted by atomic mass is 10.2. The summed E-state index contributed by atoms with van der Waals surface area (Å²) in [7, 11) is -3.61. The number of hydrogen-bond acceptors (Lipinski definition) is 3. The van der Waals surface area contributed by atoms with Crippen molar-refractivity contribution >= 4 is 10.0 Å². The van der Waals surface area contributed by atoms with Crippen LogP contribution in [0.25, 0.3) is 0 Å². The van der Waals surface area contributed by atoms with Crippen molar-refractivity contribution in [2.24, 2.45) is 5.73 Å². The molecule has 4 nitrogen and oxygen atoms in total. The summed E-state index contributed by atoms with van der Waals surface area (Å²) in [5.41, 5.74) is 5.44. The van der Waals surface area contributed by atoms with Crippen molar-refractivity contribution in [2.75, 3.05) is 6.54 Å². The predicted molar refractivity (Wildman–Crippen MR) is 62.5 cm³/mol. The minimum atomic E-state index is -3.61. The Hall–Kier alpha value is -0.980. The molecule has 0 bridgehead atoms. The van der Waals surface area contributed by atoms with Crippen LogP contribution in [0.5, 0.6) is 0 Å². The summed E-state index contributed by atoms with van der Waals surface area (Å²) in [5, 5.41) is 0. The highest BCUT2D eigenvalue weighted by Crippen LogP contribution is 2.35. The molecule has 1 aromatic carbocycles. The van der Waals surface area contributed by atoms with E-state index in [2.05, 4.69) is 4.72 Å². The summed E-state index contributed by atoms with van der Waals surface area (Å²) in [6.07, 6.45) is 1.51. The van der Waals surface area contributed by atoms with Crippen LogP contribution in [-0.4, -0.2) is 20.5 Å². The van der Waals surface area contributed by atoms with Gasteiger partial charge < -0.3 is 5.73 Å². The van der Waals surface area contributed by atoms with Crippen LogP contribution in [0.4, 0.5) is 4.39 Å². The van der Waals surface area contributed by atoms with E-state index in [0.717, 1.165) is 18.9 Å². The molecule has 0 aliphatic heterocycles. The molecule has 1 aromatic rings. The fraction of sp³-hybridized carbons (Fsp3) is 0.455. The van der Waals surface area contributed by atoms with Crippen molar-refractivity contribution in [2.45, 2.75) is 30.2 Å². The quantitative estimate of drug-likeness (QED) is 0.843. The topological polar surface area (TPSA) is 72.2 Å². The molecule has 6 heteroatoms. The summed E-state index contributed by atoms with van der Waals surface area (Å²) < 4.78 is 39.7. The Morgan fingerprint density at radius 3 is 2.59 bits per heavy atom. The van der Waals surface area contributed by atoms with Crippen LogP contribution in [0.3, 0.4) is 0 Å². The highest BCUT2D eigenvalue weighted by molar-refractivity contribution is 7.89. The monoisotopic (exact) mass is 258 g/mol. The zero-order chi connectivity index (χ0) is 12.7. The van der Waals surface area contributed by atoms with Gasteiger partial charge in [-0.1, -0.05) is 0 Å². The fourth-order valence-electron chi connectivity index (χ4n) is 1.75. The molecule has 17 heavy (non-hydrogen) atoms. The van der Waals surface area contributed by atoms with Gasteiger partial charge in [0.2, 0.25) is 10.0 Å². The number of benzene rings is 1. The molecule has 0 amide bonds. The number of sulfonamides is 1. The molecule has 0 saturated heterocycles. The van der Waals surface area contributed by atoms with Crippen molar-refractivity contribution < 1.29 is 12.8 Å². The largest absolute Gasteiger partial charge is 0.329 e. The lowest BCUT2D eigenvalue weighted by Gasteiger charge is -2.16. The number of halogens is 1. The molecule has 2 rings (SSSR count). The smallest absolute Gasteiger partial charge is 0.241 e. The normalized spacial score (nSPS) is 18.1. The number of rotatable bonds is 4. The lowest BCUT2D eigenvalue weighted by Crippen LogP contribution is -2.42. The predicted octanol–water partition coefficient (Wildman–Crippen LogP) is 0.904. The van der Waals surface area contributed by atoms with E-state index in [-0.39, 0.29) is 11.4 Å². The van der Waals surface area contributed by atoms with Crippen LogP contribution in [0, 0.1) is 12.7 Å². The molecule has 3 N–H and O–H groups in total. The van der Waals surface area contributed by atoms with Gasteiger partial charge in [-0.2, -0.15) is 0 Å². The van der Waals surface area contributed by atoms with Gasteiger partial charge in [-0.05, 0) is 43.5 Å². The maximum Gasteiger partial charge on any atom is 0.241 e. The Labute approximate surface area is 100 Å². The Bertz CT molecular complexity index is 538. The molecule has 0 spiro atoms. The maximum atomic E-state index is 12.9. The molecular formula is C11H15FN2O2S. The van der Waals surface area contributed by atoms with Gasteiger partial charge in [0.1, 0.15) is 5.82 Å². The third kappa shape index (κ3) is 2.48. The summed E-state index contributed by atoms with van der Waals surface area (Å²) in [6, 6.07) is 3.62. The molecule has 0 heterocycles. The molecule has 0 unspecified atom stereocenters. The van der Waals surface area contributed by atoms with Crippen molar-refractivity contribution in [3.8, 4) is 0 Å². The van der Waals surface area contributed by atoms with Gasteiger partial charge in [0.05, 0.1) is 4.90 Å². The summed E-state index contributed by atoms with van der Waals surface area (Å²) in [5.74, 6) is -0.443. The number of aryl methyl sites for hydroxylation is 1. The van der Waals surface area contributed by atoms with Crippen molar-refractivity contribution in [1.82, 2.24) is 4.72 Å². The number of nitrogens with two attached hydrogens (primary N) is 1. The third-order valence-corrected chi connectivity index (χ3v) is 4.76. The first kappa shape index (κ1) is 12.5. The first-order valence-corrected chi connectivity index (χ1v) is 6.87. The highest BCUT2D eigenvalue weighted by Gasteiger charge is 2.45. The second-order valence-corrected chi connectivity index (χ2v) is 6.15. The Balaban J connectivity index is 2.32. The standard InChI is InChI=1S/C11H15FN2O2S/c1-8-6-9(12)2-3-10(8)17(15,16)14-11(7-13)4-5-11/h2-3,6,14H,4-5,7,13H2,1H3. The van der Waals surface area contributed by atoms with Crippen LogP contribution < -0.4 is 10.5 Å². The first-order valence-electron chi connectivity index (χ1n) is 5.39. The number of hydrogen-bond donors (Lipinski definition) is 2. The minimum absolute atomic E-state index is 0.110. The second kappa shape index (κ2) is 4.04. The van der Waals surface area contributed by atoms with E-state index in [4.69, 9.17) is 5.73 Å². The molecule has 1 aliphatic carbocycles. The van der Waals surface area contributed by atoms with Gasteiger partial charge in [-0.15, -0.1) is 0 Å². The Morgan fingerprint density at radius 1 is 1.47 bits per heavy atom. The van der Waals surface area contributed by atoms with Crippen LogP contribution in [0.1, 0.15) is 18.4 Å². The van der Waals surface area contributed by atoms with E-state index < -0.39 is 21.4 Å². The summed E-state index contributed by atoms with van der Waals surface area (Å²) >= 11 is 0. The molecule has 1 fully saturated rings. The minimum Gasteiger partial charge on any atom is -0.329 e. The molecule has 94 valence electrons. The van der Waals surface area contributed by atoms with Crippen LogP contribution in [-0.2, 0) is 10.0 Å². The van der Waals surface area contributed by atoms with Gasteiger partial charge in [-0.25, -0.2) is 17.5 Å². The van der Waals surface area contributed by atoms with Gasteiger partial charge in [0.25, 0.3) is 0 Å². The van der Waals surface area contributed by atoms with Gasteiger partial charge >= 0.3 is 0 Å². The SMILES string of the molecule is Cc1cc(F)ccc1S(=O)(=O)NC1(CN)CC1. The van der Waals surface area contributed by atoms with Crippen molar-refractivity contribution in [3.05, 3.63) is 29.6 Å². The van der Waals surface area contributed by atoms with Crippen molar-refractivity contribution in [3.63, 3.8) is 0 Å². The van der Waals surface area contributed by atoms with E-state index >= 15 is 0 Å². The van der Waals surface area contributed by atoms with E-state index in [0.29, 0.717) is 5.56 Å². The van der Waals surface area contributed by atoms with Crippen molar-refractivity contribution in [1.29, 1.82) is 0 Å². The first-order chi connectivity index (χ1) is 7.88. The fourth-order valence-corrected chi connectivity index (χ4v) is 3.45. The molecule has 0 atom stereocenters. The third-order valence-electron chi connectivity index (χ3n) is 3.02. The van der Waals surface area contributed by atoms with Crippen LogP contribution in [0.15, 0.2) is 23.1 Å². The molecule has 1 saturated carbocycles. The van der Waals surface area contributed by atoms with Gasteiger partial charge in [-0.3, -0.25) is 0 Å². The molecule has 0 aromatic heterocycles. The zero-order valence-electron chi connectivity index (χ0n) is 9.53. The highest BCUT2D eigenvalue weighted by atomic mass is 32.2. The Kier molecular flexibility index (Phi) is 2.97. The molecular weight excluding hydrogens is 243 g/mol. The van der Waals surface area contributed by atoms with E-state index in [1.54, 1.807) is 6.92 Å². The number of nitrogens with one attached hydrogen (secondary N) is 1. The van der Waals surface area contributed by atoms with Gasteiger partial charge in [0.15, 0.2) is 0 Å². The average molecular weight is 258 g/mol. The van der Waals surface area contributed by atoms with E-state index in [9.17, 15) is 12.8 Å². The van der Waals surface area contributed by atoms with E-state index in [1.807, 2.05) is 0 Å². The Morgan fingerprint density at radius 2 is 2.12 bits per heavy atom. The average Bonchev–Trinajstić information content (AvgIpc) is 2.97. The van der Waals surface area contributed by atoms with Crippen LogP contribution in [0.2, 0.25) is 0 Å². The summed E-state index contributed by atoms with van der Waals surface area (Å²) in [4.78, 5) is 0.110. The zero-order valence-corrected chi connectivity index (χ0v) is 10.3. The summed E-state index contributed by atoms with van der Waals surface area (Å²) in [6.45, 7) is 1.85. The van der Waals surface area contributed by atoms with E-state index in [1.165, 1.54) is 12.1 Å².